The van der Waals surface area contributed by atoms with Gasteiger partial charge in [0, 0.05) is 43.0 Å². The highest BCUT2D eigenvalue weighted by Gasteiger charge is 2.26. The van der Waals surface area contributed by atoms with Crippen LogP contribution in [0.4, 0.5) is 0 Å². The van der Waals surface area contributed by atoms with Gasteiger partial charge in [0.2, 0.25) is 0 Å². The fourth-order valence-corrected chi connectivity index (χ4v) is 3.99. The molecule has 140 valence electrons. The molecule has 3 aromatic rings. The van der Waals surface area contributed by atoms with E-state index in [1.807, 2.05) is 43.6 Å². The second-order valence-corrected chi connectivity index (χ2v) is 7.27. The molecule has 1 aromatic carbocycles. The highest BCUT2D eigenvalue weighted by atomic mass is 16.3. The van der Waals surface area contributed by atoms with Gasteiger partial charge in [-0.1, -0.05) is 18.2 Å². The average molecular weight is 363 g/mol. The minimum absolute atomic E-state index is 0.0296. The Hall–Kier alpha value is -2.66. The number of nitrogens with zero attached hydrogens (tertiary/aromatic N) is 2. The van der Waals surface area contributed by atoms with Crippen molar-refractivity contribution in [1.29, 1.82) is 0 Å². The Morgan fingerprint density at radius 1 is 1.19 bits per heavy atom. The molecule has 1 amide bonds. The Kier molecular flexibility index (Phi) is 4.94. The van der Waals surface area contributed by atoms with Crippen LogP contribution in [0, 0.1) is 6.92 Å². The van der Waals surface area contributed by atoms with Crippen LogP contribution in [0.3, 0.4) is 0 Å². The summed E-state index contributed by atoms with van der Waals surface area (Å²) in [4.78, 5) is 19.4. The molecule has 4 rings (SSSR count). The summed E-state index contributed by atoms with van der Waals surface area (Å²) in [6.07, 6.45) is 5.60. The number of para-hydroxylation sites is 1. The number of carbonyl (C=O) groups is 1. The maximum atomic E-state index is 12.9. The number of likely N-dealkylation sites (tertiary alicyclic amines) is 1. The highest BCUT2D eigenvalue weighted by Crippen LogP contribution is 2.27. The number of rotatable bonds is 4. The quantitative estimate of drug-likeness (QED) is 0.758. The van der Waals surface area contributed by atoms with Gasteiger partial charge in [-0.3, -0.25) is 14.7 Å². The first-order valence-electron chi connectivity index (χ1n) is 9.56. The molecule has 27 heavy (non-hydrogen) atoms. The molecule has 0 spiro atoms. The molecule has 1 aliphatic rings. The van der Waals surface area contributed by atoms with Crippen LogP contribution in [0.15, 0.2) is 53.2 Å². The molecule has 0 aliphatic carbocycles. The van der Waals surface area contributed by atoms with E-state index in [1.54, 1.807) is 0 Å². The zero-order chi connectivity index (χ0) is 18.8. The SMILES string of the molecule is Cc1oc2ccccc2c1C(=O)NC1CCN(C(C)c2ccncc2)CC1. The summed E-state index contributed by atoms with van der Waals surface area (Å²) in [6.45, 7) is 6.03. The van der Waals surface area contributed by atoms with Gasteiger partial charge < -0.3 is 9.73 Å². The largest absolute Gasteiger partial charge is 0.461 e. The van der Waals surface area contributed by atoms with Gasteiger partial charge in [-0.15, -0.1) is 0 Å². The van der Waals surface area contributed by atoms with E-state index >= 15 is 0 Å². The summed E-state index contributed by atoms with van der Waals surface area (Å²) in [7, 11) is 0. The monoisotopic (exact) mass is 363 g/mol. The van der Waals surface area contributed by atoms with Crippen molar-refractivity contribution in [3.05, 3.63) is 65.7 Å². The number of hydrogen-bond donors (Lipinski definition) is 1. The maximum absolute atomic E-state index is 12.9. The van der Waals surface area contributed by atoms with Crippen LogP contribution >= 0.6 is 0 Å². The van der Waals surface area contributed by atoms with E-state index in [1.165, 1.54) is 5.56 Å². The normalized spacial score (nSPS) is 17.1. The summed E-state index contributed by atoms with van der Waals surface area (Å²) in [5.41, 5.74) is 2.72. The number of nitrogens with one attached hydrogen (secondary N) is 1. The van der Waals surface area contributed by atoms with Crippen LogP contribution in [-0.2, 0) is 0 Å². The number of amides is 1. The molecule has 0 radical (unpaired) electrons. The number of furan rings is 1. The van der Waals surface area contributed by atoms with Gasteiger partial charge in [-0.05, 0) is 50.5 Å². The summed E-state index contributed by atoms with van der Waals surface area (Å²) in [5, 5.41) is 4.10. The third-order valence-corrected chi connectivity index (χ3v) is 5.60. The topological polar surface area (TPSA) is 58.4 Å². The average Bonchev–Trinajstić information content (AvgIpc) is 3.04. The van der Waals surface area contributed by atoms with Crippen LogP contribution in [0.5, 0.6) is 0 Å². The lowest BCUT2D eigenvalue weighted by Gasteiger charge is -2.36. The molecule has 1 N–H and O–H groups in total. The number of carbonyl (C=O) groups excluding carboxylic acids is 1. The standard InChI is InChI=1S/C22H25N3O2/c1-15(17-7-11-23-12-8-17)25-13-9-18(10-14-25)24-22(26)21-16(2)27-20-6-4-3-5-19(20)21/h3-8,11-12,15,18H,9-10,13-14H2,1-2H3,(H,24,26). The van der Waals surface area contributed by atoms with Crippen molar-refractivity contribution in [1.82, 2.24) is 15.2 Å². The van der Waals surface area contributed by atoms with E-state index in [9.17, 15) is 4.79 Å². The van der Waals surface area contributed by atoms with Crippen molar-refractivity contribution in [2.24, 2.45) is 0 Å². The van der Waals surface area contributed by atoms with E-state index in [2.05, 4.69) is 34.3 Å². The van der Waals surface area contributed by atoms with Crippen molar-refractivity contribution in [3.8, 4) is 0 Å². The van der Waals surface area contributed by atoms with Gasteiger partial charge in [-0.2, -0.15) is 0 Å². The fraction of sp³-hybridized carbons (Fsp3) is 0.364. The molecular formula is C22H25N3O2. The lowest BCUT2D eigenvalue weighted by Crippen LogP contribution is -2.45. The van der Waals surface area contributed by atoms with E-state index in [4.69, 9.17) is 4.42 Å². The number of fused-ring (bicyclic) bond motifs is 1. The summed E-state index contributed by atoms with van der Waals surface area (Å²) in [5.74, 6) is 0.649. The van der Waals surface area contributed by atoms with Gasteiger partial charge in [0.1, 0.15) is 11.3 Å². The third-order valence-electron chi connectivity index (χ3n) is 5.60. The Bertz CT molecular complexity index is 927. The number of piperidine rings is 1. The molecule has 1 unspecified atom stereocenters. The number of aryl methyl sites for hydroxylation is 1. The molecule has 5 nitrogen and oxygen atoms in total. The lowest BCUT2D eigenvalue weighted by atomic mass is 10.00. The van der Waals surface area contributed by atoms with Crippen LogP contribution in [0.25, 0.3) is 11.0 Å². The van der Waals surface area contributed by atoms with Crippen molar-refractivity contribution in [2.75, 3.05) is 13.1 Å². The second-order valence-electron chi connectivity index (χ2n) is 7.27. The predicted octanol–water partition coefficient (Wildman–Crippen LogP) is 4.09. The summed E-state index contributed by atoms with van der Waals surface area (Å²) < 4.78 is 5.73. The number of aromatic nitrogens is 1. The summed E-state index contributed by atoms with van der Waals surface area (Å²) in [6, 6.07) is 12.4. The molecule has 1 fully saturated rings. The maximum Gasteiger partial charge on any atom is 0.255 e. The van der Waals surface area contributed by atoms with Crippen LogP contribution < -0.4 is 5.32 Å². The Balaban J connectivity index is 1.39. The predicted molar refractivity (Wildman–Crippen MR) is 106 cm³/mol. The van der Waals surface area contributed by atoms with Crippen molar-refractivity contribution in [3.63, 3.8) is 0 Å². The van der Waals surface area contributed by atoms with Crippen molar-refractivity contribution >= 4 is 16.9 Å². The fourth-order valence-electron chi connectivity index (χ4n) is 3.99. The zero-order valence-corrected chi connectivity index (χ0v) is 15.8. The molecule has 3 heterocycles. The molecular weight excluding hydrogens is 338 g/mol. The number of hydrogen-bond acceptors (Lipinski definition) is 4. The molecule has 0 bridgehead atoms. The minimum atomic E-state index is -0.0296. The molecule has 1 saturated heterocycles. The third kappa shape index (κ3) is 3.60. The Labute approximate surface area is 159 Å². The molecule has 2 aromatic heterocycles. The second kappa shape index (κ2) is 7.53. The van der Waals surface area contributed by atoms with Gasteiger partial charge in [0.25, 0.3) is 5.91 Å². The van der Waals surface area contributed by atoms with Gasteiger partial charge in [0.15, 0.2) is 0 Å². The van der Waals surface area contributed by atoms with Gasteiger partial charge in [-0.25, -0.2) is 0 Å². The Morgan fingerprint density at radius 2 is 1.89 bits per heavy atom. The zero-order valence-electron chi connectivity index (χ0n) is 15.8. The number of pyridine rings is 1. The Morgan fingerprint density at radius 3 is 2.63 bits per heavy atom. The minimum Gasteiger partial charge on any atom is -0.461 e. The van der Waals surface area contributed by atoms with E-state index in [-0.39, 0.29) is 11.9 Å². The molecule has 1 atom stereocenters. The van der Waals surface area contributed by atoms with E-state index in [0.717, 1.165) is 36.9 Å². The molecule has 5 heteroatoms. The van der Waals surface area contributed by atoms with Crippen LogP contribution in [0.2, 0.25) is 0 Å². The van der Waals surface area contributed by atoms with Crippen molar-refractivity contribution < 1.29 is 9.21 Å². The van der Waals surface area contributed by atoms with E-state index in [0.29, 0.717) is 17.4 Å². The first-order chi connectivity index (χ1) is 13.1. The first-order valence-corrected chi connectivity index (χ1v) is 9.56. The van der Waals surface area contributed by atoms with Crippen LogP contribution in [-0.4, -0.2) is 34.9 Å². The molecule has 1 aliphatic heterocycles. The highest BCUT2D eigenvalue weighted by molar-refractivity contribution is 6.07. The van der Waals surface area contributed by atoms with Crippen molar-refractivity contribution in [2.45, 2.75) is 38.8 Å². The molecule has 0 saturated carbocycles. The van der Waals surface area contributed by atoms with Gasteiger partial charge in [0.05, 0.1) is 5.56 Å². The number of benzene rings is 1. The van der Waals surface area contributed by atoms with E-state index < -0.39 is 0 Å². The summed E-state index contributed by atoms with van der Waals surface area (Å²) >= 11 is 0. The first kappa shape index (κ1) is 17.7. The van der Waals surface area contributed by atoms with Gasteiger partial charge >= 0.3 is 0 Å². The lowest BCUT2D eigenvalue weighted by molar-refractivity contribution is 0.0896. The van der Waals surface area contributed by atoms with Crippen LogP contribution in [0.1, 0.15) is 47.5 Å². The smallest absolute Gasteiger partial charge is 0.255 e.